The Kier molecular flexibility index (Phi) is 5.33. The van der Waals surface area contributed by atoms with Crippen LogP contribution in [0, 0.1) is 5.92 Å². The fourth-order valence-corrected chi connectivity index (χ4v) is 4.70. The Morgan fingerprint density at radius 1 is 1.17 bits per heavy atom. The number of benzene rings is 2. The van der Waals surface area contributed by atoms with Crippen molar-refractivity contribution in [3.63, 3.8) is 0 Å². The topological polar surface area (TPSA) is 35.0 Å². The van der Waals surface area contributed by atoms with Gasteiger partial charge in [-0.1, -0.05) is 63.3 Å². The molecule has 1 atom stereocenters. The molecule has 1 unspecified atom stereocenters. The lowest BCUT2D eigenvalue weighted by Crippen LogP contribution is -2.18. The maximum Gasteiger partial charge on any atom is 0.116 e. The molecular formula is C27H30N2O. The summed E-state index contributed by atoms with van der Waals surface area (Å²) in [5, 5.41) is 2.50. The highest BCUT2D eigenvalue weighted by molar-refractivity contribution is 5.94. The molecular weight excluding hydrogens is 368 g/mol. The van der Waals surface area contributed by atoms with Crippen LogP contribution in [0.1, 0.15) is 50.9 Å². The number of hydrogen-bond acceptors (Lipinski definition) is 3. The Balaban J connectivity index is 1.93. The van der Waals surface area contributed by atoms with Gasteiger partial charge in [-0.05, 0) is 53.3 Å². The molecule has 0 saturated carbocycles. The highest BCUT2D eigenvalue weighted by Crippen LogP contribution is 2.51. The number of aromatic nitrogens is 2. The molecule has 0 saturated heterocycles. The summed E-state index contributed by atoms with van der Waals surface area (Å²) >= 11 is 0. The van der Waals surface area contributed by atoms with E-state index < -0.39 is 0 Å². The second-order valence-corrected chi connectivity index (χ2v) is 8.80. The second-order valence-electron chi connectivity index (χ2n) is 8.80. The molecule has 0 spiro atoms. The van der Waals surface area contributed by atoms with Gasteiger partial charge in [-0.15, -0.1) is 0 Å². The number of nitrogens with zero attached hydrogens (tertiary/aromatic N) is 2. The molecule has 2 aromatic carbocycles. The minimum absolute atomic E-state index is 0.185. The molecule has 0 N–H and O–H groups in total. The highest BCUT2D eigenvalue weighted by Gasteiger charge is 2.40. The fraction of sp³-hybridized carbons (Fsp3) is 0.333. The predicted molar refractivity (Wildman–Crippen MR) is 126 cm³/mol. The van der Waals surface area contributed by atoms with Crippen LogP contribution in [0.2, 0.25) is 0 Å². The third kappa shape index (κ3) is 3.18. The zero-order chi connectivity index (χ0) is 21.5. The summed E-state index contributed by atoms with van der Waals surface area (Å²) in [6.07, 6.45) is 4.63. The summed E-state index contributed by atoms with van der Waals surface area (Å²) in [6.45, 7) is 13.9. The van der Waals surface area contributed by atoms with Gasteiger partial charge in [-0.3, -0.25) is 0 Å². The zero-order valence-electron chi connectivity index (χ0n) is 18.6. The van der Waals surface area contributed by atoms with Crippen molar-refractivity contribution < 1.29 is 4.74 Å². The average molecular weight is 399 g/mol. The summed E-state index contributed by atoms with van der Waals surface area (Å²) in [5.74, 6) is 0.387. The van der Waals surface area contributed by atoms with Crippen molar-refractivity contribution in [1.82, 2.24) is 9.97 Å². The van der Waals surface area contributed by atoms with Gasteiger partial charge >= 0.3 is 0 Å². The van der Waals surface area contributed by atoms with Crippen LogP contribution in [0.4, 0.5) is 0 Å². The fourth-order valence-electron chi connectivity index (χ4n) is 4.70. The SMILES string of the molecule is C=CC(=C(C)C(C)CCOC)c1ncnc2c1C(C)(C)c1cc3ccccc3cc1-2. The molecule has 154 valence electrons. The van der Waals surface area contributed by atoms with E-state index in [1.807, 2.05) is 6.08 Å². The normalized spacial score (nSPS) is 16.0. The van der Waals surface area contributed by atoms with E-state index in [1.54, 1.807) is 13.4 Å². The molecule has 3 aromatic rings. The molecule has 0 amide bonds. The highest BCUT2D eigenvalue weighted by atomic mass is 16.5. The zero-order valence-corrected chi connectivity index (χ0v) is 18.6. The summed E-state index contributed by atoms with van der Waals surface area (Å²) in [6, 6.07) is 13.1. The standard InChI is InChI=1S/C27H30N2O/c1-7-21(18(3)17(2)12-13-30-6)25-24-26(29-16-28-25)22-14-19-10-8-9-11-20(19)15-23(22)27(24,4)5/h7-11,14-17H,1,12-13H2,2-6H3. The Morgan fingerprint density at radius 3 is 2.53 bits per heavy atom. The lowest BCUT2D eigenvalue weighted by atomic mass is 9.79. The molecule has 0 bridgehead atoms. The van der Waals surface area contributed by atoms with E-state index in [0.29, 0.717) is 5.92 Å². The molecule has 0 radical (unpaired) electrons. The lowest BCUT2D eigenvalue weighted by molar-refractivity contribution is 0.185. The number of ether oxygens (including phenoxy) is 1. The first-order valence-electron chi connectivity index (χ1n) is 10.6. The van der Waals surface area contributed by atoms with Crippen LogP contribution in [-0.4, -0.2) is 23.7 Å². The Morgan fingerprint density at radius 2 is 1.87 bits per heavy atom. The van der Waals surface area contributed by atoms with E-state index in [2.05, 4.69) is 70.7 Å². The van der Waals surface area contributed by atoms with Gasteiger partial charge in [0.25, 0.3) is 0 Å². The largest absolute Gasteiger partial charge is 0.385 e. The molecule has 1 aliphatic carbocycles. The maximum atomic E-state index is 5.29. The molecule has 1 aliphatic rings. The number of allylic oxidation sites excluding steroid dienone is 3. The van der Waals surface area contributed by atoms with E-state index in [1.165, 1.54) is 33.0 Å². The summed E-state index contributed by atoms with van der Waals surface area (Å²) in [4.78, 5) is 9.53. The van der Waals surface area contributed by atoms with Gasteiger partial charge in [0.2, 0.25) is 0 Å². The molecule has 30 heavy (non-hydrogen) atoms. The van der Waals surface area contributed by atoms with Crippen molar-refractivity contribution in [2.75, 3.05) is 13.7 Å². The third-order valence-corrected chi connectivity index (χ3v) is 6.66. The van der Waals surface area contributed by atoms with Gasteiger partial charge in [0.1, 0.15) is 6.33 Å². The second kappa shape index (κ2) is 7.81. The molecule has 1 aromatic heterocycles. The molecule has 4 rings (SSSR count). The average Bonchev–Trinajstić information content (AvgIpc) is 2.98. The summed E-state index contributed by atoms with van der Waals surface area (Å²) in [5.41, 5.74) is 7.99. The number of rotatable bonds is 6. The molecule has 0 aliphatic heterocycles. The number of methoxy groups -OCH3 is 1. The van der Waals surface area contributed by atoms with Gasteiger partial charge in [-0.2, -0.15) is 0 Å². The molecule has 3 nitrogen and oxygen atoms in total. The first-order chi connectivity index (χ1) is 14.4. The summed E-state index contributed by atoms with van der Waals surface area (Å²) in [7, 11) is 1.75. The summed E-state index contributed by atoms with van der Waals surface area (Å²) < 4.78 is 5.29. The Hall–Kier alpha value is -2.78. The van der Waals surface area contributed by atoms with Crippen LogP contribution in [0.5, 0.6) is 0 Å². The van der Waals surface area contributed by atoms with Gasteiger partial charge in [0, 0.05) is 30.3 Å². The number of hydrogen-bond donors (Lipinski definition) is 0. The third-order valence-electron chi connectivity index (χ3n) is 6.66. The minimum Gasteiger partial charge on any atom is -0.385 e. The number of fused-ring (bicyclic) bond motifs is 4. The molecule has 3 heteroatoms. The van der Waals surface area contributed by atoms with Crippen LogP contribution in [0.15, 0.2) is 61.0 Å². The van der Waals surface area contributed by atoms with Crippen LogP contribution in [0.3, 0.4) is 0 Å². The quantitative estimate of drug-likeness (QED) is 0.441. The predicted octanol–water partition coefficient (Wildman–Crippen LogP) is 6.57. The van der Waals surface area contributed by atoms with Crippen molar-refractivity contribution in [2.24, 2.45) is 5.92 Å². The minimum atomic E-state index is -0.185. The first-order valence-corrected chi connectivity index (χ1v) is 10.6. The molecule has 1 heterocycles. The monoisotopic (exact) mass is 398 g/mol. The van der Waals surface area contributed by atoms with Crippen molar-refractivity contribution in [2.45, 2.75) is 39.5 Å². The lowest BCUT2D eigenvalue weighted by Gasteiger charge is -2.25. The van der Waals surface area contributed by atoms with E-state index in [4.69, 9.17) is 14.7 Å². The van der Waals surface area contributed by atoms with Crippen LogP contribution in [-0.2, 0) is 10.2 Å². The van der Waals surface area contributed by atoms with Crippen molar-refractivity contribution in [1.29, 1.82) is 0 Å². The van der Waals surface area contributed by atoms with Gasteiger partial charge < -0.3 is 4.74 Å². The van der Waals surface area contributed by atoms with E-state index in [9.17, 15) is 0 Å². The van der Waals surface area contributed by atoms with Crippen molar-refractivity contribution >= 4 is 16.3 Å². The van der Waals surface area contributed by atoms with Gasteiger partial charge in [0.05, 0.1) is 11.4 Å². The van der Waals surface area contributed by atoms with Crippen molar-refractivity contribution in [3.05, 3.63) is 77.8 Å². The van der Waals surface area contributed by atoms with Gasteiger partial charge in [-0.25, -0.2) is 9.97 Å². The van der Waals surface area contributed by atoms with E-state index in [-0.39, 0.29) is 5.41 Å². The first kappa shape index (κ1) is 20.5. The maximum absolute atomic E-state index is 5.29. The van der Waals surface area contributed by atoms with Crippen LogP contribution in [0.25, 0.3) is 27.6 Å². The van der Waals surface area contributed by atoms with E-state index in [0.717, 1.165) is 30.0 Å². The smallest absolute Gasteiger partial charge is 0.116 e. The molecule has 0 fully saturated rings. The Labute approximate surface area is 179 Å². The Bertz CT molecular complexity index is 1160. The van der Waals surface area contributed by atoms with Gasteiger partial charge in [0.15, 0.2) is 0 Å². The van der Waals surface area contributed by atoms with Crippen LogP contribution < -0.4 is 0 Å². The van der Waals surface area contributed by atoms with Crippen LogP contribution >= 0.6 is 0 Å². The van der Waals surface area contributed by atoms with E-state index >= 15 is 0 Å². The van der Waals surface area contributed by atoms with Crippen molar-refractivity contribution in [3.8, 4) is 11.3 Å².